The van der Waals surface area contributed by atoms with E-state index in [0.29, 0.717) is 13.2 Å². The second-order valence-electron chi connectivity index (χ2n) is 9.34. The molecular formula is C24H46O3. The van der Waals surface area contributed by atoms with Gasteiger partial charge in [-0.3, -0.25) is 0 Å². The quantitative estimate of drug-likeness (QED) is 0.279. The highest BCUT2D eigenvalue weighted by atomic mass is 16.5. The molecule has 0 saturated heterocycles. The Bertz CT molecular complexity index is 360. The monoisotopic (exact) mass is 382 g/mol. The lowest BCUT2D eigenvalue weighted by molar-refractivity contribution is -0.00684. The summed E-state index contributed by atoms with van der Waals surface area (Å²) < 4.78 is 10.3. The molecule has 3 nitrogen and oxygen atoms in total. The maximum atomic E-state index is 9.48. The molecule has 27 heavy (non-hydrogen) atoms. The van der Waals surface area contributed by atoms with Gasteiger partial charge < -0.3 is 14.6 Å². The van der Waals surface area contributed by atoms with E-state index in [0.717, 1.165) is 36.7 Å². The van der Waals surface area contributed by atoms with Crippen molar-refractivity contribution in [3.8, 4) is 0 Å². The summed E-state index contributed by atoms with van der Waals surface area (Å²) in [4.78, 5) is 0. The summed E-state index contributed by atoms with van der Waals surface area (Å²) in [5.74, 6) is 4.44. The summed E-state index contributed by atoms with van der Waals surface area (Å²) in [7, 11) is 1.60. The first-order valence-electron chi connectivity index (χ1n) is 12.0. The van der Waals surface area contributed by atoms with E-state index in [1.54, 1.807) is 26.4 Å². The van der Waals surface area contributed by atoms with E-state index in [1.165, 1.54) is 64.2 Å². The number of methoxy groups -OCH3 is 1. The highest BCUT2D eigenvalue weighted by Crippen LogP contribution is 2.54. The van der Waals surface area contributed by atoms with Crippen molar-refractivity contribution in [3.63, 3.8) is 0 Å². The van der Waals surface area contributed by atoms with Crippen LogP contribution >= 0.6 is 0 Å². The fraction of sp³-hybridized carbons (Fsp3) is 1.00. The molecule has 0 aromatic heterocycles. The number of hydrogen-bond donors (Lipinski definition) is 1. The minimum atomic E-state index is -0.479. The summed E-state index contributed by atoms with van der Waals surface area (Å²) in [5, 5.41) is 9.48. The van der Waals surface area contributed by atoms with Crippen molar-refractivity contribution >= 4 is 0 Å². The molecule has 5 atom stereocenters. The Kier molecular flexibility index (Phi) is 12.0. The maximum Gasteiger partial charge on any atom is 0.101 e. The highest BCUT2D eigenvalue weighted by Gasteiger charge is 2.44. The standard InChI is InChI=1S/C24H46O3/c1-3-4-9-12-20-15-22(20)17-23-16-21(23)13-10-7-5-6-8-11-14-27-19-24(25)18-26-2/h20-25H,3-19H2,1-2H3. The molecule has 0 spiro atoms. The van der Waals surface area contributed by atoms with Crippen molar-refractivity contribution in [1.29, 1.82) is 0 Å². The predicted molar refractivity (Wildman–Crippen MR) is 113 cm³/mol. The van der Waals surface area contributed by atoms with E-state index in [9.17, 15) is 5.11 Å². The normalized spacial score (nSPS) is 27.7. The maximum absolute atomic E-state index is 9.48. The Hall–Kier alpha value is -0.120. The van der Waals surface area contributed by atoms with Crippen molar-refractivity contribution in [2.75, 3.05) is 26.9 Å². The van der Waals surface area contributed by atoms with Crippen LogP contribution in [0.15, 0.2) is 0 Å². The minimum Gasteiger partial charge on any atom is -0.388 e. The van der Waals surface area contributed by atoms with Crippen LogP contribution in [0.4, 0.5) is 0 Å². The summed E-state index contributed by atoms with van der Waals surface area (Å²) in [6.45, 7) is 3.84. The third-order valence-electron chi connectivity index (χ3n) is 6.70. The van der Waals surface area contributed by atoms with Crippen molar-refractivity contribution < 1.29 is 14.6 Å². The first-order chi connectivity index (χ1) is 13.2. The molecule has 0 amide bonds. The molecule has 2 rings (SSSR count). The second-order valence-corrected chi connectivity index (χ2v) is 9.34. The van der Waals surface area contributed by atoms with Crippen LogP contribution in [-0.4, -0.2) is 38.1 Å². The molecular weight excluding hydrogens is 336 g/mol. The lowest BCUT2D eigenvalue weighted by Gasteiger charge is -2.09. The Labute approximate surface area is 168 Å². The molecule has 1 N–H and O–H groups in total. The molecule has 2 aliphatic carbocycles. The minimum absolute atomic E-state index is 0.363. The van der Waals surface area contributed by atoms with E-state index >= 15 is 0 Å². The van der Waals surface area contributed by atoms with E-state index in [4.69, 9.17) is 9.47 Å². The van der Waals surface area contributed by atoms with Gasteiger partial charge in [-0.2, -0.15) is 0 Å². The molecule has 0 aromatic rings. The lowest BCUT2D eigenvalue weighted by Crippen LogP contribution is -2.21. The van der Waals surface area contributed by atoms with Crippen LogP contribution < -0.4 is 0 Å². The summed E-state index contributed by atoms with van der Waals surface area (Å²) in [5.41, 5.74) is 0. The van der Waals surface area contributed by atoms with E-state index in [1.807, 2.05) is 0 Å². The van der Waals surface area contributed by atoms with Gasteiger partial charge in [-0.05, 0) is 49.4 Å². The summed E-state index contributed by atoms with van der Waals surface area (Å²) in [6, 6.07) is 0. The Morgan fingerprint density at radius 3 is 2.00 bits per heavy atom. The van der Waals surface area contributed by atoms with Crippen LogP contribution in [0.1, 0.15) is 96.8 Å². The van der Waals surface area contributed by atoms with E-state index < -0.39 is 6.10 Å². The summed E-state index contributed by atoms with van der Waals surface area (Å²) >= 11 is 0. The first-order valence-corrected chi connectivity index (χ1v) is 12.0. The second kappa shape index (κ2) is 14.0. The van der Waals surface area contributed by atoms with Gasteiger partial charge in [0.15, 0.2) is 0 Å². The zero-order valence-corrected chi connectivity index (χ0v) is 18.2. The van der Waals surface area contributed by atoms with Crippen molar-refractivity contribution in [2.24, 2.45) is 23.7 Å². The molecule has 2 aliphatic rings. The van der Waals surface area contributed by atoms with Gasteiger partial charge >= 0.3 is 0 Å². The molecule has 0 aromatic carbocycles. The first kappa shape index (κ1) is 23.2. The number of ether oxygens (including phenoxy) is 2. The SMILES string of the molecule is CCCCCC1CC1CC1CC1CCCCCCCCOCC(O)COC. The molecule has 160 valence electrons. The average Bonchev–Trinajstić information content (AvgIpc) is 3.56. The molecule has 0 heterocycles. The van der Waals surface area contributed by atoms with Gasteiger partial charge in [0.2, 0.25) is 0 Å². The number of aliphatic hydroxyl groups excluding tert-OH is 1. The largest absolute Gasteiger partial charge is 0.388 e. The Morgan fingerprint density at radius 2 is 1.37 bits per heavy atom. The zero-order valence-electron chi connectivity index (χ0n) is 18.2. The molecule has 3 heteroatoms. The number of aliphatic hydroxyl groups is 1. The molecule has 0 radical (unpaired) electrons. The van der Waals surface area contributed by atoms with Crippen LogP contribution in [0.25, 0.3) is 0 Å². The van der Waals surface area contributed by atoms with Gasteiger partial charge in [-0.15, -0.1) is 0 Å². The van der Waals surface area contributed by atoms with Gasteiger partial charge in [0.1, 0.15) is 6.10 Å². The van der Waals surface area contributed by atoms with Crippen LogP contribution in [0, 0.1) is 23.7 Å². The molecule has 0 aliphatic heterocycles. The van der Waals surface area contributed by atoms with E-state index in [-0.39, 0.29) is 0 Å². The van der Waals surface area contributed by atoms with Crippen LogP contribution in [-0.2, 0) is 9.47 Å². The van der Waals surface area contributed by atoms with Crippen molar-refractivity contribution in [3.05, 3.63) is 0 Å². The molecule has 0 bridgehead atoms. The van der Waals surface area contributed by atoms with Crippen molar-refractivity contribution in [1.82, 2.24) is 0 Å². The molecule has 2 saturated carbocycles. The average molecular weight is 383 g/mol. The van der Waals surface area contributed by atoms with E-state index in [2.05, 4.69) is 6.92 Å². The zero-order chi connectivity index (χ0) is 19.3. The van der Waals surface area contributed by atoms with Gasteiger partial charge in [-0.1, -0.05) is 71.1 Å². The lowest BCUT2D eigenvalue weighted by atomic mass is 10.0. The topological polar surface area (TPSA) is 38.7 Å². The van der Waals surface area contributed by atoms with Crippen LogP contribution in [0.5, 0.6) is 0 Å². The Morgan fingerprint density at radius 1 is 0.778 bits per heavy atom. The van der Waals surface area contributed by atoms with Crippen LogP contribution in [0.2, 0.25) is 0 Å². The van der Waals surface area contributed by atoms with Crippen molar-refractivity contribution in [2.45, 2.75) is 103 Å². The third kappa shape index (κ3) is 10.9. The fourth-order valence-corrected chi connectivity index (χ4v) is 4.73. The third-order valence-corrected chi connectivity index (χ3v) is 6.70. The van der Waals surface area contributed by atoms with Gasteiger partial charge in [0.25, 0.3) is 0 Å². The number of unbranched alkanes of at least 4 members (excludes halogenated alkanes) is 7. The predicted octanol–water partition coefficient (Wildman–Crippen LogP) is 5.98. The molecule has 2 fully saturated rings. The number of rotatable bonds is 19. The smallest absolute Gasteiger partial charge is 0.101 e. The highest BCUT2D eigenvalue weighted by molar-refractivity contribution is 4.94. The summed E-state index contributed by atoms with van der Waals surface area (Å²) in [6.07, 6.45) is 19.5. The van der Waals surface area contributed by atoms with Gasteiger partial charge in [0, 0.05) is 13.7 Å². The fourth-order valence-electron chi connectivity index (χ4n) is 4.73. The number of hydrogen-bond acceptors (Lipinski definition) is 3. The van der Waals surface area contributed by atoms with Crippen LogP contribution in [0.3, 0.4) is 0 Å². The molecule has 5 unspecified atom stereocenters. The van der Waals surface area contributed by atoms with Gasteiger partial charge in [0.05, 0.1) is 13.2 Å². The van der Waals surface area contributed by atoms with Gasteiger partial charge in [-0.25, -0.2) is 0 Å². The Balaban J connectivity index is 1.29.